The molecule has 0 amide bonds. The highest BCUT2D eigenvalue weighted by Crippen LogP contribution is 2.18. The monoisotopic (exact) mass is 343 g/mol. The van der Waals surface area contributed by atoms with Crippen LogP contribution in [-0.4, -0.2) is 39.4 Å². The highest BCUT2D eigenvalue weighted by atomic mass is 19.1. The summed E-state index contributed by atoms with van der Waals surface area (Å²) in [5.41, 5.74) is 1.52. The molecule has 0 spiro atoms. The first kappa shape index (κ1) is 16.8. The summed E-state index contributed by atoms with van der Waals surface area (Å²) in [6, 6.07) is 6.59. The Morgan fingerprint density at radius 2 is 2.24 bits per heavy atom. The average Bonchev–Trinajstić information content (AvgIpc) is 3.02. The smallest absolute Gasteiger partial charge is 0.327 e. The highest BCUT2D eigenvalue weighted by molar-refractivity contribution is 5.86. The number of halogens is 1. The first-order valence-electron chi connectivity index (χ1n) is 7.89. The van der Waals surface area contributed by atoms with Crippen molar-refractivity contribution in [2.75, 3.05) is 19.0 Å². The van der Waals surface area contributed by atoms with Crippen LogP contribution in [-0.2, 0) is 22.5 Å². The van der Waals surface area contributed by atoms with Crippen molar-refractivity contribution < 1.29 is 13.9 Å². The summed E-state index contributed by atoms with van der Waals surface area (Å²) in [5, 5.41) is 8.13. The van der Waals surface area contributed by atoms with E-state index < -0.39 is 5.97 Å². The number of benzene rings is 1. The molecule has 0 fully saturated rings. The number of carbonyl (C=O) groups is 1. The largest absolute Gasteiger partial charge is 0.468 e. The number of aryl methyl sites for hydroxylation is 1. The number of fused-ring (bicyclic) bond motifs is 1. The van der Waals surface area contributed by atoms with Gasteiger partial charge in [0.1, 0.15) is 24.5 Å². The van der Waals surface area contributed by atoms with Gasteiger partial charge in [-0.25, -0.2) is 19.0 Å². The second-order valence-electron chi connectivity index (χ2n) is 5.50. The molecule has 8 heteroatoms. The number of esters is 1. The fourth-order valence-corrected chi connectivity index (χ4v) is 2.53. The highest BCUT2D eigenvalue weighted by Gasteiger charge is 2.12. The Kier molecular flexibility index (Phi) is 5.17. The molecule has 130 valence electrons. The molecule has 0 aliphatic rings. The maximum atomic E-state index is 13.2. The van der Waals surface area contributed by atoms with Crippen LogP contribution in [0.15, 0.2) is 36.8 Å². The van der Waals surface area contributed by atoms with E-state index in [1.807, 2.05) is 6.07 Å². The first-order chi connectivity index (χ1) is 12.2. The summed E-state index contributed by atoms with van der Waals surface area (Å²) < 4.78 is 19.3. The van der Waals surface area contributed by atoms with E-state index in [0.29, 0.717) is 18.0 Å². The molecule has 1 N–H and O–H groups in total. The zero-order valence-corrected chi connectivity index (χ0v) is 13.8. The summed E-state index contributed by atoms with van der Waals surface area (Å²) in [6.07, 6.45) is 4.63. The van der Waals surface area contributed by atoms with Crippen LogP contribution in [0.3, 0.4) is 0 Å². The summed E-state index contributed by atoms with van der Waals surface area (Å²) in [4.78, 5) is 19.8. The van der Waals surface area contributed by atoms with Gasteiger partial charge >= 0.3 is 5.97 Å². The van der Waals surface area contributed by atoms with E-state index in [1.165, 1.54) is 24.2 Å². The van der Waals surface area contributed by atoms with Crippen LogP contribution in [0.2, 0.25) is 0 Å². The van der Waals surface area contributed by atoms with Gasteiger partial charge in [-0.3, -0.25) is 4.79 Å². The standard InChI is InChI=1S/C17H18FN5O2/c1-25-15(24)10-23-17-14(9-22-23)16(20-11-21-17)19-7-3-5-12-4-2-6-13(18)8-12/h2,4,6,8-9,11H,3,5,7,10H2,1H3,(H,19,20,21). The number of anilines is 1. The van der Waals surface area contributed by atoms with Crippen LogP contribution in [0.1, 0.15) is 12.0 Å². The predicted octanol–water partition coefficient (Wildman–Crippen LogP) is 2.18. The van der Waals surface area contributed by atoms with Crippen molar-refractivity contribution in [3.63, 3.8) is 0 Å². The van der Waals surface area contributed by atoms with Gasteiger partial charge in [-0.2, -0.15) is 5.10 Å². The van der Waals surface area contributed by atoms with Gasteiger partial charge in [0, 0.05) is 6.54 Å². The minimum Gasteiger partial charge on any atom is -0.468 e. The van der Waals surface area contributed by atoms with Crippen molar-refractivity contribution in [2.24, 2.45) is 0 Å². The maximum absolute atomic E-state index is 13.2. The lowest BCUT2D eigenvalue weighted by Crippen LogP contribution is -2.13. The number of rotatable bonds is 7. The molecule has 0 atom stereocenters. The molecule has 3 rings (SSSR count). The van der Waals surface area contributed by atoms with E-state index in [4.69, 9.17) is 0 Å². The fraction of sp³-hybridized carbons (Fsp3) is 0.294. The van der Waals surface area contributed by atoms with Gasteiger partial charge in [0.15, 0.2) is 5.65 Å². The fourth-order valence-electron chi connectivity index (χ4n) is 2.53. The van der Waals surface area contributed by atoms with Crippen LogP contribution in [0.5, 0.6) is 0 Å². The molecule has 2 aromatic heterocycles. The Balaban J connectivity index is 1.62. The molecular weight excluding hydrogens is 325 g/mol. The van der Waals surface area contributed by atoms with Gasteiger partial charge < -0.3 is 10.1 Å². The molecule has 7 nitrogen and oxygen atoms in total. The Hall–Kier alpha value is -3.03. The summed E-state index contributed by atoms with van der Waals surface area (Å²) in [6.45, 7) is 0.667. The van der Waals surface area contributed by atoms with E-state index >= 15 is 0 Å². The Labute approximate surface area is 143 Å². The zero-order chi connectivity index (χ0) is 17.6. The molecule has 0 saturated heterocycles. The Bertz CT molecular complexity index is 880. The second-order valence-corrected chi connectivity index (χ2v) is 5.50. The molecule has 0 unspecified atom stereocenters. The third kappa shape index (κ3) is 4.09. The molecule has 25 heavy (non-hydrogen) atoms. The van der Waals surface area contributed by atoms with Gasteiger partial charge in [-0.05, 0) is 30.5 Å². The lowest BCUT2D eigenvalue weighted by Gasteiger charge is -2.07. The van der Waals surface area contributed by atoms with E-state index in [-0.39, 0.29) is 12.4 Å². The van der Waals surface area contributed by atoms with E-state index in [9.17, 15) is 9.18 Å². The van der Waals surface area contributed by atoms with Crippen molar-refractivity contribution >= 4 is 22.8 Å². The number of hydrogen-bond donors (Lipinski definition) is 1. The van der Waals surface area contributed by atoms with Crippen molar-refractivity contribution in [1.82, 2.24) is 19.7 Å². The molecule has 0 aliphatic heterocycles. The number of aromatic nitrogens is 4. The van der Waals surface area contributed by atoms with Crippen LogP contribution < -0.4 is 5.32 Å². The van der Waals surface area contributed by atoms with Crippen LogP contribution in [0, 0.1) is 5.82 Å². The molecule has 0 bridgehead atoms. The summed E-state index contributed by atoms with van der Waals surface area (Å²) in [7, 11) is 1.33. The minimum atomic E-state index is -0.395. The number of ether oxygens (including phenoxy) is 1. The Morgan fingerprint density at radius 1 is 1.36 bits per heavy atom. The molecular formula is C17H18FN5O2. The van der Waals surface area contributed by atoms with Crippen molar-refractivity contribution in [3.05, 3.63) is 48.2 Å². The van der Waals surface area contributed by atoms with Crippen LogP contribution >= 0.6 is 0 Å². The SMILES string of the molecule is COC(=O)Cn1ncc2c(NCCCc3cccc(F)c3)ncnc21. The van der Waals surface area contributed by atoms with Crippen molar-refractivity contribution in [3.8, 4) is 0 Å². The van der Waals surface area contributed by atoms with Gasteiger partial charge in [-0.1, -0.05) is 12.1 Å². The molecule has 0 aliphatic carbocycles. The lowest BCUT2D eigenvalue weighted by molar-refractivity contribution is -0.141. The van der Waals surface area contributed by atoms with E-state index in [2.05, 4.69) is 25.1 Å². The predicted molar refractivity (Wildman–Crippen MR) is 90.5 cm³/mol. The number of nitrogens with zero attached hydrogens (tertiary/aromatic N) is 4. The summed E-state index contributed by atoms with van der Waals surface area (Å²) >= 11 is 0. The van der Waals surface area contributed by atoms with Gasteiger partial charge in [-0.15, -0.1) is 0 Å². The molecule has 3 aromatic rings. The maximum Gasteiger partial charge on any atom is 0.327 e. The summed E-state index contributed by atoms with van der Waals surface area (Å²) in [5.74, 6) is 0.0366. The number of hydrogen-bond acceptors (Lipinski definition) is 6. The molecule has 1 aromatic carbocycles. The molecule has 0 saturated carbocycles. The third-order valence-electron chi connectivity index (χ3n) is 3.76. The van der Waals surface area contributed by atoms with Crippen LogP contribution in [0.25, 0.3) is 11.0 Å². The number of methoxy groups -OCH3 is 1. The zero-order valence-electron chi connectivity index (χ0n) is 13.8. The second kappa shape index (κ2) is 7.69. The van der Waals surface area contributed by atoms with Gasteiger partial charge in [0.25, 0.3) is 0 Å². The molecule has 0 radical (unpaired) electrons. The Morgan fingerprint density at radius 3 is 3.04 bits per heavy atom. The quantitative estimate of drug-likeness (QED) is 0.523. The third-order valence-corrected chi connectivity index (χ3v) is 3.76. The topological polar surface area (TPSA) is 81.9 Å². The van der Waals surface area contributed by atoms with Gasteiger partial charge in [0.05, 0.1) is 18.7 Å². The van der Waals surface area contributed by atoms with Gasteiger partial charge in [0.2, 0.25) is 0 Å². The van der Waals surface area contributed by atoms with Crippen molar-refractivity contribution in [2.45, 2.75) is 19.4 Å². The van der Waals surface area contributed by atoms with E-state index in [0.717, 1.165) is 23.8 Å². The van der Waals surface area contributed by atoms with E-state index in [1.54, 1.807) is 18.3 Å². The number of carbonyl (C=O) groups excluding carboxylic acids is 1. The minimum absolute atomic E-state index is 0.00394. The molecule has 2 heterocycles. The van der Waals surface area contributed by atoms with Crippen molar-refractivity contribution in [1.29, 1.82) is 0 Å². The number of nitrogens with one attached hydrogen (secondary N) is 1. The van der Waals surface area contributed by atoms with Crippen LogP contribution in [0.4, 0.5) is 10.2 Å². The normalized spacial score (nSPS) is 10.8. The average molecular weight is 343 g/mol. The first-order valence-corrected chi connectivity index (χ1v) is 7.89. The lowest BCUT2D eigenvalue weighted by atomic mass is 10.1.